The predicted molar refractivity (Wildman–Crippen MR) is 77.1 cm³/mol. The molecule has 0 spiro atoms. The van der Waals surface area contributed by atoms with E-state index in [1.54, 1.807) is 7.11 Å². The third-order valence-electron chi connectivity index (χ3n) is 2.44. The van der Waals surface area contributed by atoms with Gasteiger partial charge in [0.1, 0.15) is 18.1 Å². The summed E-state index contributed by atoms with van der Waals surface area (Å²) in [6.07, 6.45) is 0. The van der Waals surface area contributed by atoms with Crippen LogP contribution in [0.4, 0.5) is 0 Å². The fourth-order valence-corrected chi connectivity index (χ4v) is 1.51. The van der Waals surface area contributed by atoms with Gasteiger partial charge in [0.2, 0.25) is 0 Å². The van der Waals surface area contributed by atoms with Gasteiger partial charge in [-0.2, -0.15) is 0 Å². The van der Waals surface area contributed by atoms with Gasteiger partial charge in [-0.15, -0.1) is 0 Å². The lowest BCUT2D eigenvalue weighted by Crippen LogP contribution is -2.38. The first-order chi connectivity index (χ1) is 9.01. The second-order valence-electron chi connectivity index (χ2n) is 5.32. The molecule has 0 aliphatic rings. The minimum Gasteiger partial charge on any atom is -0.497 e. The van der Waals surface area contributed by atoms with E-state index in [2.05, 4.69) is 26.1 Å². The SMILES string of the molecule is COc1cccc(OCCOCCNC(C)(C)C)c1. The molecule has 0 bridgehead atoms. The average molecular weight is 267 g/mol. The molecule has 1 rings (SSSR count). The van der Waals surface area contributed by atoms with Crippen LogP contribution in [0.15, 0.2) is 24.3 Å². The minimum atomic E-state index is 0.139. The molecule has 0 amide bonds. The molecule has 4 nitrogen and oxygen atoms in total. The van der Waals surface area contributed by atoms with Crippen molar-refractivity contribution in [2.45, 2.75) is 26.3 Å². The van der Waals surface area contributed by atoms with E-state index in [4.69, 9.17) is 14.2 Å². The van der Waals surface area contributed by atoms with E-state index in [1.807, 2.05) is 24.3 Å². The van der Waals surface area contributed by atoms with E-state index in [1.165, 1.54) is 0 Å². The maximum absolute atomic E-state index is 5.57. The van der Waals surface area contributed by atoms with Crippen LogP contribution in [0.5, 0.6) is 11.5 Å². The van der Waals surface area contributed by atoms with E-state index in [9.17, 15) is 0 Å². The molecule has 0 saturated heterocycles. The number of nitrogens with one attached hydrogen (secondary N) is 1. The maximum Gasteiger partial charge on any atom is 0.123 e. The Kier molecular flexibility index (Phi) is 6.67. The normalized spacial score (nSPS) is 11.4. The Morgan fingerprint density at radius 2 is 1.79 bits per heavy atom. The van der Waals surface area contributed by atoms with Gasteiger partial charge in [0.25, 0.3) is 0 Å². The third-order valence-corrected chi connectivity index (χ3v) is 2.44. The van der Waals surface area contributed by atoms with Crippen LogP contribution in [0.1, 0.15) is 20.8 Å². The highest BCUT2D eigenvalue weighted by Gasteiger charge is 2.06. The monoisotopic (exact) mass is 267 g/mol. The van der Waals surface area contributed by atoms with E-state index in [0.717, 1.165) is 18.0 Å². The Hall–Kier alpha value is -1.26. The zero-order valence-electron chi connectivity index (χ0n) is 12.4. The first kappa shape index (κ1) is 15.8. The third kappa shape index (κ3) is 7.70. The summed E-state index contributed by atoms with van der Waals surface area (Å²) in [5, 5.41) is 3.36. The predicted octanol–water partition coefficient (Wildman–Crippen LogP) is 2.48. The second kappa shape index (κ2) is 8.02. The summed E-state index contributed by atoms with van der Waals surface area (Å²) in [6.45, 7) is 9.09. The van der Waals surface area contributed by atoms with E-state index < -0.39 is 0 Å². The molecule has 1 N–H and O–H groups in total. The Bertz CT molecular complexity index is 361. The molecular formula is C15H25NO3. The molecule has 0 radical (unpaired) electrons. The van der Waals surface area contributed by atoms with Crippen LogP contribution in [0.3, 0.4) is 0 Å². The van der Waals surface area contributed by atoms with Crippen LogP contribution in [0.2, 0.25) is 0 Å². The van der Waals surface area contributed by atoms with Gasteiger partial charge in [0.15, 0.2) is 0 Å². The van der Waals surface area contributed by atoms with Crippen LogP contribution in [0.25, 0.3) is 0 Å². The highest BCUT2D eigenvalue weighted by Crippen LogP contribution is 2.18. The average Bonchev–Trinajstić information content (AvgIpc) is 2.36. The van der Waals surface area contributed by atoms with Crippen molar-refractivity contribution in [1.82, 2.24) is 5.32 Å². The van der Waals surface area contributed by atoms with Gasteiger partial charge < -0.3 is 19.5 Å². The zero-order valence-corrected chi connectivity index (χ0v) is 12.4. The van der Waals surface area contributed by atoms with Gasteiger partial charge in [-0.25, -0.2) is 0 Å². The van der Waals surface area contributed by atoms with Crippen molar-refractivity contribution in [3.63, 3.8) is 0 Å². The Morgan fingerprint density at radius 3 is 2.47 bits per heavy atom. The Balaban J connectivity index is 2.07. The molecule has 1 aromatic carbocycles. The van der Waals surface area contributed by atoms with Gasteiger partial charge >= 0.3 is 0 Å². The minimum absolute atomic E-state index is 0.139. The maximum atomic E-state index is 5.57. The summed E-state index contributed by atoms with van der Waals surface area (Å²) < 4.78 is 16.2. The molecule has 0 heterocycles. The smallest absolute Gasteiger partial charge is 0.123 e. The number of hydrogen-bond acceptors (Lipinski definition) is 4. The molecule has 0 unspecified atom stereocenters. The molecule has 19 heavy (non-hydrogen) atoms. The van der Waals surface area contributed by atoms with Crippen molar-refractivity contribution >= 4 is 0 Å². The van der Waals surface area contributed by atoms with Crippen LogP contribution < -0.4 is 14.8 Å². The lowest BCUT2D eigenvalue weighted by molar-refractivity contribution is 0.0984. The van der Waals surface area contributed by atoms with Crippen molar-refractivity contribution in [3.8, 4) is 11.5 Å². The van der Waals surface area contributed by atoms with E-state index in [0.29, 0.717) is 19.8 Å². The molecule has 0 fully saturated rings. The molecule has 0 atom stereocenters. The fraction of sp³-hybridized carbons (Fsp3) is 0.600. The molecule has 1 aromatic rings. The Labute approximate surface area is 116 Å². The van der Waals surface area contributed by atoms with Crippen LogP contribution in [0, 0.1) is 0 Å². The van der Waals surface area contributed by atoms with Gasteiger partial charge in [0.05, 0.1) is 20.3 Å². The topological polar surface area (TPSA) is 39.7 Å². The summed E-state index contributed by atoms with van der Waals surface area (Å²) in [5.41, 5.74) is 0.139. The number of benzene rings is 1. The van der Waals surface area contributed by atoms with Crippen molar-refractivity contribution in [2.75, 3.05) is 33.5 Å². The lowest BCUT2D eigenvalue weighted by atomic mass is 10.1. The first-order valence-electron chi connectivity index (χ1n) is 6.61. The van der Waals surface area contributed by atoms with Gasteiger partial charge in [-0.3, -0.25) is 0 Å². The summed E-state index contributed by atoms with van der Waals surface area (Å²) in [5.74, 6) is 1.60. The van der Waals surface area contributed by atoms with Crippen molar-refractivity contribution in [3.05, 3.63) is 24.3 Å². The van der Waals surface area contributed by atoms with Crippen LogP contribution in [-0.2, 0) is 4.74 Å². The molecule has 0 aliphatic heterocycles. The van der Waals surface area contributed by atoms with Gasteiger partial charge in [0, 0.05) is 18.2 Å². The lowest BCUT2D eigenvalue weighted by Gasteiger charge is -2.20. The van der Waals surface area contributed by atoms with Crippen LogP contribution >= 0.6 is 0 Å². The second-order valence-corrected chi connectivity index (χ2v) is 5.32. The quantitative estimate of drug-likeness (QED) is 0.735. The molecule has 0 saturated carbocycles. The number of hydrogen-bond donors (Lipinski definition) is 1. The van der Waals surface area contributed by atoms with Crippen molar-refractivity contribution in [2.24, 2.45) is 0 Å². The molecule has 0 aromatic heterocycles. The molecular weight excluding hydrogens is 242 g/mol. The number of ether oxygens (including phenoxy) is 3. The molecule has 0 aliphatic carbocycles. The van der Waals surface area contributed by atoms with Gasteiger partial charge in [-0.1, -0.05) is 6.07 Å². The molecule has 108 valence electrons. The molecule has 4 heteroatoms. The highest BCUT2D eigenvalue weighted by molar-refractivity contribution is 5.32. The van der Waals surface area contributed by atoms with Crippen molar-refractivity contribution < 1.29 is 14.2 Å². The first-order valence-corrected chi connectivity index (χ1v) is 6.61. The standard InChI is InChI=1S/C15H25NO3/c1-15(2,3)16-8-9-18-10-11-19-14-7-5-6-13(12-14)17-4/h5-7,12,16H,8-11H2,1-4H3. The number of methoxy groups -OCH3 is 1. The van der Waals surface area contributed by atoms with E-state index >= 15 is 0 Å². The number of rotatable bonds is 8. The largest absolute Gasteiger partial charge is 0.497 e. The highest BCUT2D eigenvalue weighted by atomic mass is 16.5. The summed E-state index contributed by atoms with van der Waals surface area (Å²) in [7, 11) is 1.64. The summed E-state index contributed by atoms with van der Waals surface area (Å²) in [4.78, 5) is 0. The van der Waals surface area contributed by atoms with Crippen molar-refractivity contribution in [1.29, 1.82) is 0 Å². The Morgan fingerprint density at radius 1 is 1.05 bits per heavy atom. The summed E-state index contributed by atoms with van der Waals surface area (Å²) in [6, 6.07) is 7.56. The van der Waals surface area contributed by atoms with E-state index in [-0.39, 0.29) is 5.54 Å². The zero-order chi connectivity index (χ0) is 14.1. The fourth-order valence-electron chi connectivity index (χ4n) is 1.51. The summed E-state index contributed by atoms with van der Waals surface area (Å²) >= 11 is 0. The van der Waals surface area contributed by atoms with Gasteiger partial charge in [-0.05, 0) is 32.9 Å². The van der Waals surface area contributed by atoms with Crippen LogP contribution in [-0.4, -0.2) is 39.0 Å².